The molecule has 0 fully saturated rings. The molecule has 0 bridgehead atoms. The Morgan fingerprint density at radius 2 is 2.11 bits per heavy atom. The van der Waals surface area contributed by atoms with E-state index in [1.165, 1.54) is 6.07 Å². The Hall–Kier alpha value is -2.41. The average molecular weight is 278 g/mol. The van der Waals surface area contributed by atoms with Crippen LogP contribution < -0.4 is 5.32 Å². The molecule has 1 aromatic heterocycles. The maximum absolute atomic E-state index is 11.1. The molecule has 98 valence electrons. The molecule has 0 radical (unpaired) electrons. The maximum Gasteiger partial charge on any atom is 0.348 e. The number of carbonyl (C=O) groups is 1. The van der Waals surface area contributed by atoms with E-state index in [1.807, 2.05) is 0 Å². The van der Waals surface area contributed by atoms with Crippen LogP contribution in [-0.4, -0.2) is 23.0 Å². The number of rotatable bonds is 4. The summed E-state index contributed by atoms with van der Waals surface area (Å²) < 4.78 is 0. The highest BCUT2D eigenvalue weighted by atomic mass is 32.1. The second kappa shape index (κ2) is 5.07. The first kappa shape index (κ1) is 13.0. The first-order chi connectivity index (χ1) is 9.04. The minimum atomic E-state index is -1.06. The van der Waals surface area contributed by atoms with E-state index < -0.39 is 10.9 Å². The highest BCUT2D eigenvalue weighted by Gasteiger charge is 2.20. The lowest BCUT2D eigenvalue weighted by Gasteiger charge is -1.98. The van der Waals surface area contributed by atoms with E-state index in [4.69, 9.17) is 5.11 Å². The van der Waals surface area contributed by atoms with E-state index in [9.17, 15) is 14.9 Å². The SMILES string of the molecule is CNc1cc(-c2ccccc2[N+](=O)[O-])sc1C(=O)O. The predicted octanol–water partition coefficient (Wildman–Crippen LogP) is 3.06. The van der Waals surface area contributed by atoms with Crippen LogP contribution in [0.3, 0.4) is 0 Å². The molecule has 0 saturated heterocycles. The Kier molecular flexibility index (Phi) is 3.48. The number of nitro benzene ring substituents is 1. The molecule has 0 unspecified atom stereocenters. The third-order valence-electron chi connectivity index (χ3n) is 2.56. The van der Waals surface area contributed by atoms with E-state index in [0.717, 1.165) is 11.3 Å². The number of carboxylic acid groups (broad SMARTS) is 1. The first-order valence-corrected chi connectivity index (χ1v) is 6.15. The summed E-state index contributed by atoms with van der Waals surface area (Å²) in [6, 6.07) is 7.87. The summed E-state index contributed by atoms with van der Waals surface area (Å²) >= 11 is 1.01. The van der Waals surface area contributed by atoms with Gasteiger partial charge in [0, 0.05) is 18.0 Å². The summed E-state index contributed by atoms with van der Waals surface area (Å²) in [6.45, 7) is 0. The molecule has 0 amide bonds. The van der Waals surface area contributed by atoms with Crippen LogP contribution in [0, 0.1) is 10.1 Å². The Bertz CT molecular complexity index is 651. The molecule has 0 aliphatic heterocycles. The number of hydrogen-bond acceptors (Lipinski definition) is 5. The van der Waals surface area contributed by atoms with Crippen molar-refractivity contribution in [3.63, 3.8) is 0 Å². The minimum absolute atomic E-state index is 0.0386. The van der Waals surface area contributed by atoms with Crippen molar-refractivity contribution in [1.29, 1.82) is 0 Å². The summed E-state index contributed by atoms with van der Waals surface area (Å²) in [7, 11) is 1.61. The van der Waals surface area contributed by atoms with Gasteiger partial charge in [-0.3, -0.25) is 10.1 Å². The third-order valence-corrected chi connectivity index (χ3v) is 3.72. The van der Waals surface area contributed by atoms with Gasteiger partial charge in [0.1, 0.15) is 4.88 Å². The third kappa shape index (κ3) is 2.41. The highest BCUT2D eigenvalue weighted by molar-refractivity contribution is 7.18. The first-order valence-electron chi connectivity index (χ1n) is 5.33. The number of nitrogens with one attached hydrogen (secondary N) is 1. The zero-order valence-electron chi connectivity index (χ0n) is 9.91. The summed E-state index contributed by atoms with van der Waals surface area (Å²) in [5.41, 5.74) is 0.829. The largest absolute Gasteiger partial charge is 0.477 e. The minimum Gasteiger partial charge on any atom is -0.477 e. The van der Waals surface area contributed by atoms with Gasteiger partial charge in [-0.2, -0.15) is 0 Å². The van der Waals surface area contributed by atoms with Crippen LogP contribution in [0.5, 0.6) is 0 Å². The topological polar surface area (TPSA) is 92.5 Å². The Morgan fingerprint density at radius 3 is 2.63 bits per heavy atom. The van der Waals surface area contributed by atoms with Gasteiger partial charge in [0.25, 0.3) is 5.69 Å². The van der Waals surface area contributed by atoms with Crippen molar-refractivity contribution in [2.24, 2.45) is 0 Å². The van der Waals surface area contributed by atoms with Gasteiger partial charge in [0.2, 0.25) is 0 Å². The molecule has 19 heavy (non-hydrogen) atoms. The fourth-order valence-corrected chi connectivity index (χ4v) is 2.75. The standard InChI is InChI=1S/C12H10N2O4S/c1-13-8-6-10(19-11(8)12(15)16)7-4-2-3-5-9(7)14(17)18/h2-6,13H,1H3,(H,15,16). The van der Waals surface area contributed by atoms with Crippen LogP contribution in [0.4, 0.5) is 11.4 Å². The summed E-state index contributed by atoms with van der Waals surface area (Å²) in [4.78, 5) is 22.3. The van der Waals surface area contributed by atoms with Gasteiger partial charge in [-0.25, -0.2) is 4.79 Å². The molecule has 0 saturated carbocycles. The fourth-order valence-electron chi connectivity index (χ4n) is 1.71. The molecule has 1 aromatic carbocycles. The number of para-hydroxylation sites is 1. The molecular weight excluding hydrogens is 268 g/mol. The molecule has 2 rings (SSSR count). The van der Waals surface area contributed by atoms with Gasteiger partial charge >= 0.3 is 5.97 Å². The van der Waals surface area contributed by atoms with Crippen LogP contribution in [0.25, 0.3) is 10.4 Å². The normalized spacial score (nSPS) is 10.2. The van der Waals surface area contributed by atoms with Crippen LogP contribution in [0.1, 0.15) is 9.67 Å². The number of nitrogens with zero attached hydrogens (tertiary/aromatic N) is 1. The molecular formula is C12H10N2O4S. The summed E-state index contributed by atoms with van der Waals surface area (Å²) in [5, 5.41) is 22.8. The summed E-state index contributed by atoms with van der Waals surface area (Å²) in [5.74, 6) is -1.06. The molecule has 0 aliphatic rings. The van der Waals surface area contributed by atoms with Crippen LogP contribution in [-0.2, 0) is 0 Å². The van der Waals surface area contributed by atoms with Crippen molar-refractivity contribution in [2.45, 2.75) is 0 Å². The molecule has 0 spiro atoms. The number of anilines is 1. The van der Waals surface area contributed by atoms with Gasteiger partial charge in [-0.15, -0.1) is 11.3 Å². The zero-order valence-corrected chi connectivity index (χ0v) is 10.7. The Labute approximate surface area is 112 Å². The van der Waals surface area contributed by atoms with Crippen molar-refractivity contribution in [3.05, 3.63) is 45.3 Å². The maximum atomic E-state index is 11.1. The number of aromatic carboxylic acids is 1. The number of carboxylic acids is 1. The van der Waals surface area contributed by atoms with Crippen molar-refractivity contribution < 1.29 is 14.8 Å². The van der Waals surface area contributed by atoms with Crippen LogP contribution in [0.2, 0.25) is 0 Å². The Balaban J connectivity index is 2.60. The highest BCUT2D eigenvalue weighted by Crippen LogP contribution is 2.38. The van der Waals surface area contributed by atoms with Crippen molar-refractivity contribution in [1.82, 2.24) is 0 Å². The molecule has 0 aliphatic carbocycles. The fraction of sp³-hybridized carbons (Fsp3) is 0.0833. The smallest absolute Gasteiger partial charge is 0.348 e. The van der Waals surface area contributed by atoms with E-state index >= 15 is 0 Å². The van der Waals surface area contributed by atoms with Crippen molar-refractivity contribution in [3.8, 4) is 10.4 Å². The van der Waals surface area contributed by atoms with E-state index in [0.29, 0.717) is 16.1 Å². The number of nitro groups is 1. The molecule has 6 nitrogen and oxygen atoms in total. The summed E-state index contributed by atoms with van der Waals surface area (Å²) in [6.07, 6.45) is 0. The van der Waals surface area contributed by atoms with Crippen molar-refractivity contribution >= 4 is 28.7 Å². The lowest BCUT2D eigenvalue weighted by molar-refractivity contribution is -0.384. The second-order valence-electron chi connectivity index (χ2n) is 3.68. The molecule has 2 N–H and O–H groups in total. The number of hydrogen-bond donors (Lipinski definition) is 2. The van der Waals surface area contributed by atoms with Crippen molar-refractivity contribution in [2.75, 3.05) is 12.4 Å². The molecule has 0 atom stereocenters. The monoisotopic (exact) mass is 278 g/mol. The molecule has 1 heterocycles. The van der Waals surface area contributed by atoms with E-state index in [2.05, 4.69) is 5.32 Å². The lowest BCUT2D eigenvalue weighted by atomic mass is 10.1. The quantitative estimate of drug-likeness (QED) is 0.662. The average Bonchev–Trinajstić information content (AvgIpc) is 2.82. The van der Waals surface area contributed by atoms with Gasteiger partial charge in [-0.05, 0) is 12.1 Å². The van der Waals surface area contributed by atoms with E-state index in [-0.39, 0.29) is 10.6 Å². The van der Waals surface area contributed by atoms with Crippen LogP contribution >= 0.6 is 11.3 Å². The van der Waals surface area contributed by atoms with Gasteiger partial charge < -0.3 is 10.4 Å². The molecule has 2 aromatic rings. The zero-order chi connectivity index (χ0) is 14.0. The van der Waals surface area contributed by atoms with Gasteiger partial charge in [0.05, 0.1) is 16.2 Å². The molecule has 7 heteroatoms. The van der Waals surface area contributed by atoms with Gasteiger partial charge in [-0.1, -0.05) is 12.1 Å². The van der Waals surface area contributed by atoms with Crippen LogP contribution in [0.15, 0.2) is 30.3 Å². The number of benzene rings is 1. The second-order valence-corrected chi connectivity index (χ2v) is 4.74. The van der Waals surface area contributed by atoms with E-state index in [1.54, 1.807) is 31.3 Å². The predicted molar refractivity (Wildman–Crippen MR) is 72.9 cm³/mol. The van der Waals surface area contributed by atoms with Gasteiger partial charge in [0.15, 0.2) is 0 Å². The number of thiophene rings is 1. The lowest BCUT2D eigenvalue weighted by Crippen LogP contribution is -1.97. The Morgan fingerprint density at radius 1 is 1.42 bits per heavy atom.